The van der Waals surface area contributed by atoms with Crippen molar-refractivity contribution in [1.82, 2.24) is 4.98 Å². The first-order valence-corrected chi connectivity index (χ1v) is 5.64. The van der Waals surface area contributed by atoms with E-state index in [1.165, 1.54) is 25.7 Å². The highest BCUT2D eigenvalue weighted by atomic mass is 15.2. The topological polar surface area (TPSA) is 42.1 Å². The Kier molecular flexibility index (Phi) is 2.80. The monoisotopic (exact) mass is 205 g/mol. The van der Waals surface area contributed by atoms with Gasteiger partial charge in [-0.25, -0.2) is 4.98 Å². The molecule has 1 heterocycles. The maximum absolute atomic E-state index is 5.95. The molecular weight excluding hydrogens is 186 g/mol. The summed E-state index contributed by atoms with van der Waals surface area (Å²) in [5.74, 6) is 0.946. The second-order valence-corrected chi connectivity index (χ2v) is 4.41. The number of nitrogens with two attached hydrogens (primary N) is 1. The van der Waals surface area contributed by atoms with Crippen LogP contribution in [0, 0.1) is 6.92 Å². The molecule has 3 heteroatoms. The fraction of sp³-hybridized carbons (Fsp3) is 0.583. The summed E-state index contributed by atoms with van der Waals surface area (Å²) >= 11 is 0. The van der Waals surface area contributed by atoms with Crippen molar-refractivity contribution in [2.24, 2.45) is 0 Å². The Morgan fingerprint density at radius 2 is 2.00 bits per heavy atom. The molecule has 1 aliphatic carbocycles. The van der Waals surface area contributed by atoms with Crippen molar-refractivity contribution < 1.29 is 0 Å². The second-order valence-electron chi connectivity index (χ2n) is 4.41. The zero-order chi connectivity index (χ0) is 10.8. The molecule has 1 saturated carbocycles. The Balaban J connectivity index is 2.23. The molecule has 0 spiro atoms. The van der Waals surface area contributed by atoms with E-state index in [0.717, 1.165) is 17.2 Å². The van der Waals surface area contributed by atoms with Gasteiger partial charge in [-0.1, -0.05) is 12.8 Å². The van der Waals surface area contributed by atoms with E-state index >= 15 is 0 Å². The summed E-state index contributed by atoms with van der Waals surface area (Å²) < 4.78 is 0. The highest BCUT2D eigenvalue weighted by Gasteiger charge is 2.21. The van der Waals surface area contributed by atoms with Gasteiger partial charge in [-0.05, 0) is 31.9 Å². The molecule has 0 unspecified atom stereocenters. The SMILES string of the molecule is Cc1ccc(N)c(N(C)C2CCCC2)n1. The molecule has 1 fully saturated rings. The predicted octanol–water partition coefficient (Wildman–Crippen LogP) is 2.35. The molecule has 1 aromatic heterocycles. The molecule has 0 amide bonds. The molecule has 15 heavy (non-hydrogen) atoms. The van der Waals surface area contributed by atoms with Crippen LogP contribution in [0.4, 0.5) is 11.5 Å². The Bertz CT molecular complexity index is 343. The van der Waals surface area contributed by atoms with Crippen LogP contribution in [0.5, 0.6) is 0 Å². The molecule has 0 aromatic carbocycles. The Hall–Kier alpha value is -1.25. The van der Waals surface area contributed by atoms with Crippen LogP contribution in [-0.2, 0) is 0 Å². The molecule has 2 rings (SSSR count). The number of aryl methyl sites for hydroxylation is 1. The molecule has 0 radical (unpaired) electrons. The molecule has 82 valence electrons. The summed E-state index contributed by atoms with van der Waals surface area (Å²) in [5.41, 5.74) is 7.77. The van der Waals surface area contributed by atoms with Gasteiger partial charge in [0.15, 0.2) is 5.82 Å². The zero-order valence-electron chi connectivity index (χ0n) is 9.53. The fourth-order valence-electron chi connectivity index (χ4n) is 2.30. The Morgan fingerprint density at radius 1 is 1.33 bits per heavy atom. The lowest BCUT2D eigenvalue weighted by molar-refractivity contribution is 0.646. The lowest BCUT2D eigenvalue weighted by Gasteiger charge is -2.26. The normalized spacial score (nSPS) is 16.9. The van der Waals surface area contributed by atoms with Crippen LogP contribution in [0.25, 0.3) is 0 Å². The van der Waals surface area contributed by atoms with Crippen LogP contribution in [0.1, 0.15) is 31.4 Å². The summed E-state index contributed by atoms with van der Waals surface area (Å²) in [6, 6.07) is 4.53. The van der Waals surface area contributed by atoms with Gasteiger partial charge in [-0.15, -0.1) is 0 Å². The van der Waals surface area contributed by atoms with Gasteiger partial charge in [0.2, 0.25) is 0 Å². The third-order valence-corrected chi connectivity index (χ3v) is 3.25. The van der Waals surface area contributed by atoms with Crippen molar-refractivity contribution in [2.75, 3.05) is 17.7 Å². The van der Waals surface area contributed by atoms with Crippen LogP contribution in [0.2, 0.25) is 0 Å². The quantitative estimate of drug-likeness (QED) is 0.806. The van der Waals surface area contributed by atoms with Crippen LogP contribution >= 0.6 is 0 Å². The first-order chi connectivity index (χ1) is 7.18. The van der Waals surface area contributed by atoms with Crippen LogP contribution in [0.15, 0.2) is 12.1 Å². The van der Waals surface area contributed by atoms with Crippen molar-refractivity contribution in [3.05, 3.63) is 17.8 Å². The van der Waals surface area contributed by atoms with Crippen molar-refractivity contribution in [1.29, 1.82) is 0 Å². The maximum atomic E-state index is 5.95. The van der Waals surface area contributed by atoms with E-state index in [1.807, 2.05) is 19.1 Å². The Labute approximate surface area is 91.3 Å². The minimum Gasteiger partial charge on any atom is -0.396 e. The number of nitrogens with zero attached hydrogens (tertiary/aromatic N) is 2. The lowest BCUT2D eigenvalue weighted by Crippen LogP contribution is -2.30. The molecule has 0 saturated heterocycles. The van der Waals surface area contributed by atoms with Crippen molar-refractivity contribution in [2.45, 2.75) is 38.6 Å². The van der Waals surface area contributed by atoms with E-state index in [-0.39, 0.29) is 0 Å². The summed E-state index contributed by atoms with van der Waals surface area (Å²) in [6.07, 6.45) is 5.21. The summed E-state index contributed by atoms with van der Waals surface area (Å²) in [6.45, 7) is 2.01. The summed E-state index contributed by atoms with van der Waals surface area (Å²) in [5, 5.41) is 0. The first kappa shape index (κ1) is 10.3. The van der Waals surface area contributed by atoms with Crippen molar-refractivity contribution >= 4 is 11.5 Å². The maximum Gasteiger partial charge on any atom is 0.152 e. The second kappa shape index (κ2) is 4.09. The van der Waals surface area contributed by atoms with Crippen LogP contribution in [0.3, 0.4) is 0 Å². The smallest absolute Gasteiger partial charge is 0.152 e. The predicted molar refractivity (Wildman–Crippen MR) is 64.0 cm³/mol. The van der Waals surface area contributed by atoms with Crippen LogP contribution < -0.4 is 10.6 Å². The largest absolute Gasteiger partial charge is 0.396 e. The molecule has 0 bridgehead atoms. The lowest BCUT2D eigenvalue weighted by atomic mass is 10.2. The summed E-state index contributed by atoms with van der Waals surface area (Å²) in [7, 11) is 2.11. The molecule has 1 aromatic rings. The van der Waals surface area contributed by atoms with Gasteiger partial charge in [0.25, 0.3) is 0 Å². The highest BCUT2D eigenvalue weighted by Crippen LogP contribution is 2.28. The van der Waals surface area contributed by atoms with E-state index in [1.54, 1.807) is 0 Å². The van der Waals surface area contributed by atoms with E-state index < -0.39 is 0 Å². The number of rotatable bonds is 2. The molecular formula is C12H19N3. The number of hydrogen-bond donors (Lipinski definition) is 1. The van der Waals surface area contributed by atoms with E-state index in [4.69, 9.17) is 5.73 Å². The number of aromatic nitrogens is 1. The minimum absolute atomic E-state index is 0.626. The van der Waals surface area contributed by atoms with Gasteiger partial charge in [-0.3, -0.25) is 0 Å². The van der Waals surface area contributed by atoms with Crippen LogP contribution in [-0.4, -0.2) is 18.1 Å². The number of nitrogen functional groups attached to an aromatic ring is 1. The van der Waals surface area contributed by atoms with E-state index in [2.05, 4.69) is 16.9 Å². The molecule has 0 atom stereocenters. The van der Waals surface area contributed by atoms with Gasteiger partial charge in [0.05, 0.1) is 5.69 Å². The molecule has 0 aliphatic heterocycles. The third kappa shape index (κ3) is 2.06. The number of hydrogen-bond acceptors (Lipinski definition) is 3. The van der Waals surface area contributed by atoms with Gasteiger partial charge in [0, 0.05) is 18.8 Å². The average molecular weight is 205 g/mol. The zero-order valence-corrected chi connectivity index (χ0v) is 9.53. The van der Waals surface area contributed by atoms with Crippen molar-refractivity contribution in [3.63, 3.8) is 0 Å². The molecule has 1 aliphatic rings. The molecule has 2 N–H and O–H groups in total. The number of pyridine rings is 1. The summed E-state index contributed by atoms with van der Waals surface area (Å²) in [4.78, 5) is 6.76. The highest BCUT2D eigenvalue weighted by molar-refractivity contribution is 5.63. The van der Waals surface area contributed by atoms with Gasteiger partial charge < -0.3 is 10.6 Å². The fourth-order valence-corrected chi connectivity index (χ4v) is 2.30. The number of anilines is 2. The van der Waals surface area contributed by atoms with Crippen molar-refractivity contribution in [3.8, 4) is 0 Å². The molecule has 3 nitrogen and oxygen atoms in total. The van der Waals surface area contributed by atoms with Gasteiger partial charge >= 0.3 is 0 Å². The van der Waals surface area contributed by atoms with E-state index in [0.29, 0.717) is 6.04 Å². The first-order valence-electron chi connectivity index (χ1n) is 5.64. The van der Waals surface area contributed by atoms with Gasteiger partial charge in [-0.2, -0.15) is 0 Å². The van der Waals surface area contributed by atoms with E-state index in [9.17, 15) is 0 Å². The average Bonchev–Trinajstić information content (AvgIpc) is 2.74. The Morgan fingerprint density at radius 3 is 2.67 bits per heavy atom. The third-order valence-electron chi connectivity index (χ3n) is 3.25. The minimum atomic E-state index is 0.626. The van der Waals surface area contributed by atoms with Gasteiger partial charge in [0.1, 0.15) is 0 Å². The standard InChI is InChI=1S/C12H19N3/c1-9-7-8-11(13)12(14-9)15(2)10-5-3-4-6-10/h7-8,10H,3-6,13H2,1-2H3.